The van der Waals surface area contributed by atoms with Crippen LogP contribution in [0.2, 0.25) is 8.67 Å². The van der Waals surface area contributed by atoms with Crippen LogP contribution < -0.4 is 0 Å². The summed E-state index contributed by atoms with van der Waals surface area (Å²) in [5.74, 6) is -1.71. The molecule has 96 valence electrons. The molecule has 0 fully saturated rings. The Balaban J connectivity index is 2.56. The molecule has 18 heavy (non-hydrogen) atoms. The average molecular weight is 374 g/mol. The molecule has 1 atom stereocenters. The molecule has 2 aromatic rings. The van der Waals surface area contributed by atoms with Crippen molar-refractivity contribution in [2.24, 2.45) is 0 Å². The second-order valence-electron chi connectivity index (χ2n) is 3.44. The maximum Gasteiger partial charge on any atom is 0.146 e. The third-order valence-electron chi connectivity index (χ3n) is 2.33. The number of halogens is 5. The number of benzene rings is 1. The molecule has 1 heterocycles. The largest absolute Gasteiger partial charge is 0.383 e. The van der Waals surface area contributed by atoms with Gasteiger partial charge >= 0.3 is 0 Å². The van der Waals surface area contributed by atoms with E-state index in [9.17, 15) is 13.9 Å². The van der Waals surface area contributed by atoms with Gasteiger partial charge in [-0.15, -0.1) is 11.3 Å². The summed E-state index contributed by atoms with van der Waals surface area (Å²) >= 11 is 15.5. The highest BCUT2D eigenvalue weighted by Crippen LogP contribution is 2.39. The highest BCUT2D eigenvalue weighted by atomic mass is 79.9. The molecule has 1 unspecified atom stereocenters. The van der Waals surface area contributed by atoms with Crippen LogP contribution in [0.4, 0.5) is 8.78 Å². The van der Waals surface area contributed by atoms with E-state index in [2.05, 4.69) is 15.9 Å². The molecule has 0 saturated heterocycles. The smallest absolute Gasteiger partial charge is 0.146 e. The Hall–Kier alpha value is -0.200. The highest BCUT2D eigenvalue weighted by Gasteiger charge is 2.24. The van der Waals surface area contributed by atoms with Crippen molar-refractivity contribution in [2.75, 3.05) is 0 Å². The fourth-order valence-electron chi connectivity index (χ4n) is 1.49. The van der Waals surface area contributed by atoms with Crippen LogP contribution in [0.15, 0.2) is 22.7 Å². The SMILES string of the molecule is OC(c1cc(Cl)sc1Cl)c1c(F)ccc(Br)c1F. The number of thiophene rings is 1. The Labute approximate surface area is 124 Å². The van der Waals surface area contributed by atoms with E-state index in [0.29, 0.717) is 4.34 Å². The Bertz CT molecular complexity index is 603. The van der Waals surface area contributed by atoms with Gasteiger partial charge in [-0.3, -0.25) is 0 Å². The first-order chi connectivity index (χ1) is 8.41. The van der Waals surface area contributed by atoms with Gasteiger partial charge in [-0.1, -0.05) is 23.2 Å². The maximum atomic E-state index is 13.8. The van der Waals surface area contributed by atoms with Crippen LogP contribution in [0.5, 0.6) is 0 Å². The Morgan fingerprint density at radius 2 is 1.94 bits per heavy atom. The third-order valence-corrected chi connectivity index (χ3v) is 4.46. The van der Waals surface area contributed by atoms with Crippen molar-refractivity contribution in [1.29, 1.82) is 0 Å². The lowest BCUT2D eigenvalue weighted by molar-refractivity contribution is 0.209. The topological polar surface area (TPSA) is 20.2 Å². The van der Waals surface area contributed by atoms with E-state index >= 15 is 0 Å². The molecule has 1 aromatic heterocycles. The minimum Gasteiger partial charge on any atom is -0.383 e. The van der Waals surface area contributed by atoms with Crippen molar-refractivity contribution in [1.82, 2.24) is 0 Å². The first-order valence-electron chi connectivity index (χ1n) is 4.68. The van der Waals surface area contributed by atoms with Crippen LogP contribution in [-0.2, 0) is 0 Å². The van der Waals surface area contributed by atoms with Gasteiger partial charge in [0.25, 0.3) is 0 Å². The molecule has 0 spiro atoms. The van der Waals surface area contributed by atoms with Gasteiger partial charge in [-0.2, -0.15) is 0 Å². The molecule has 1 nitrogen and oxygen atoms in total. The summed E-state index contributed by atoms with van der Waals surface area (Å²) in [7, 11) is 0. The number of hydrogen-bond acceptors (Lipinski definition) is 2. The summed E-state index contributed by atoms with van der Waals surface area (Å²) in [5, 5.41) is 10.0. The molecule has 0 saturated carbocycles. The highest BCUT2D eigenvalue weighted by molar-refractivity contribution is 9.10. The zero-order chi connectivity index (χ0) is 13.4. The summed E-state index contributed by atoms with van der Waals surface area (Å²) in [6.45, 7) is 0. The fourth-order valence-corrected chi connectivity index (χ4v) is 3.35. The third kappa shape index (κ3) is 2.56. The van der Waals surface area contributed by atoms with Crippen LogP contribution in [-0.4, -0.2) is 5.11 Å². The molecule has 7 heteroatoms. The van der Waals surface area contributed by atoms with Crippen molar-refractivity contribution in [3.05, 3.63) is 54.1 Å². The molecule has 0 aliphatic heterocycles. The monoisotopic (exact) mass is 372 g/mol. The quantitative estimate of drug-likeness (QED) is 0.719. The molecule has 0 amide bonds. The molecule has 0 radical (unpaired) electrons. The molecule has 1 N–H and O–H groups in total. The zero-order valence-corrected chi connectivity index (χ0v) is 12.5. The van der Waals surface area contributed by atoms with E-state index in [4.69, 9.17) is 23.2 Å². The van der Waals surface area contributed by atoms with E-state index in [0.717, 1.165) is 17.4 Å². The van der Waals surface area contributed by atoms with Crippen molar-refractivity contribution in [3.8, 4) is 0 Å². The van der Waals surface area contributed by atoms with Crippen molar-refractivity contribution >= 4 is 50.5 Å². The van der Waals surface area contributed by atoms with Gasteiger partial charge in [0.15, 0.2) is 0 Å². The maximum absolute atomic E-state index is 13.8. The van der Waals surface area contributed by atoms with Crippen LogP contribution in [0.1, 0.15) is 17.2 Å². The van der Waals surface area contributed by atoms with Gasteiger partial charge in [0.1, 0.15) is 22.1 Å². The van der Waals surface area contributed by atoms with E-state index in [1.165, 1.54) is 12.1 Å². The predicted octanol–water partition coefficient (Wildman–Crippen LogP) is 5.18. The first-order valence-corrected chi connectivity index (χ1v) is 7.04. The zero-order valence-electron chi connectivity index (χ0n) is 8.55. The summed E-state index contributed by atoms with van der Waals surface area (Å²) in [6.07, 6.45) is -1.50. The summed E-state index contributed by atoms with van der Waals surface area (Å²) < 4.78 is 28.0. The second-order valence-corrected chi connectivity index (χ2v) is 6.58. The molecule has 2 rings (SSSR count). The van der Waals surface area contributed by atoms with Crippen LogP contribution in [0.3, 0.4) is 0 Å². The Morgan fingerprint density at radius 3 is 2.50 bits per heavy atom. The number of aliphatic hydroxyl groups is 1. The molecule has 0 aliphatic rings. The average Bonchev–Trinajstić information content (AvgIpc) is 2.63. The standard InChI is InChI=1S/C11H5BrCl2F2OS/c12-5-1-2-6(15)8(9(5)16)10(17)4-3-7(13)18-11(4)14/h1-3,10,17H. The number of rotatable bonds is 2. The second kappa shape index (κ2) is 5.43. The normalized spacial score (nSPS) is 12.8. The number of aliphatic hydroxyl groups excluding tert-OH is 1. The van der Waals surface area contributed by atoms with Crippen molar-refractivity contribution < 1.29 is 13.9 Å². The van der Waals surface area contributed by atoms with Crippen LogP contribution >= 0.6 is 50.5 Å². The van der Waals surface area contributed by atoms with Crippen LogP contribution in [0.25, 0.3) is 0 Å². The minimum absolute atomic E-state index is 0.0652. The van der Waals surface area contributed by atoms with Gasteiger partial charge < -0.3 is 5.11 Å². The van der Waals surface area contributed by atoms with Gasteiger partial charge in [0, 0.05) is 5.56 Å². The van der Waals surface area contributed by atoms with Crippen molar-refractivity contribution in [3.63, 3.8) is 0 Å². The van der Waals surface area contributed by atoms with E-state index in [1.54, 1.807) is 0 Å². The molecule has 1 aromatic carbocycles. The molecular formula is C11H5BrCl2F2OS. The van der Waals surface area contributed by atoms with Gasteiger partial charge in [0.2, 0.25) is 0 Å². The van der Waals surface area contributed by atoms with Gasteiger partial charge in [0.05, 0.1) is 14.4 Å². The summed E-state index contributed by atoms with van der Waals surface area (Å²) in [6, 6.07) is 3.68. The lowest BCUT2D eigenvalue weighted by Crippen LogP contribution is -2.06. The van der Waals surface area contributed by atoms with E-state index < -0.39 is 23.3 Å². The lowest BCUT2D eigenvalue weighted by atomic mass is 10.0. The minimum atomic E-state index is -1.50. The lowest BCUT2D eigenvalue weighted by Gasteiger charge is -2.13. The van der Waals surface area contributed by atoms with Crippen molar-refractivity contribution in [2.45, 2.75) is 6.10 Å². The predicted molar refractivity (Wildman–Crippen MR) is 72.5 cm³/mol. The number of hydrogen-bond donors (Lipinski definition) is 1. The summed E-state index contributed by atoms with van der Waals surface area (Å²) in [5.41, 5.74) is -0.275. The fraction of sp³-hybridized carbons (Fsp3) is 0.0909. The Morgan fingerprint density at radius 1 is 1.28 bits per heavy atom. The summed E-state index contributed by atoms with van der Waals surface area (Å²) in [4.78, 5) is 0. The first kappa shape index (κ1) is 14.2. The molecule has 0 bridgehead atoms. The van der Waals surface area contributed by atoms with E-state index in [1.807, 2.05) is 0 Å². The molecular weight excluding hydrogens is 369 g/mol. The van der Waals surface area contributed by atoms with Crippen LogP contribution in [0, 0.1) is 11.6 Å². The molecule has 0 aliphatic carbocycles. The van der Waals surface area contributed by atoms with Gasteiger partial charge in [-0.05, 0) is 34.1 Å². The Kier molecular flexibility index (Phi) is 4.29. The van der Waals surface area contributed by atoms with E-state index in [-0.39, 0.29) is 14.4 Å². The van der Waals surface area contributed by atoms with Gasteiger partial charge in [-0.25, -0.2) is 8.78 Å².